The van der Waals surface area contributed by atoms with E-state index in [1.165, 1.54) is 32.1 Å². The summed E-state index contributed by atoms with van der Waals surface area (Å²) in [6.07, 6.45) is 6.47. The highest BCUT2D eigenvalue weighted by Gasteiger charge is 2.41. The van der Waals surface area contributed by atoms with Crippen molar-refractivity contribution in [3.05, 3.63) is 34.6 Å². The fourth-order valence-electron chi connectivity index (χ4n) is 3.86. The molecule has 116 valence electrons. The summed E-state index contributed by atoms with van der Waals surface area (Å²) in [6, 6.07) is 5.71. The SMILES string of the molecule is CC1CN(Cc2ccc(Cl)c(F)c2)C2(CCCCC2)CN1. The van der Waals surface area contributed by atoms with Crippen molar-refractivity contribution < 1.29 is 4.39 Å². The molecular formula is C17H24ClFN2. The van der Waals surface area contributed by atoms with E-state index in [0.29, 0.717) is 6.04 Å². The maximum atomic E-state index is 13.7. The summed E-state index contributed by atoms with van der Waals surface area (Å²) in [5, 5.41) is 3.85. The van der Waals surface area contributed by atoms with Crippen molar-refractivity contribution in [2.75, 3.05) is 13.1 Å². The maximum absolute atomic E-state index is 13.7. The Labute approximate surface area is 131 Å². The number of nitrogens with one attached hydrogen (secondary N) is 1. The predicted molar refractivity (Wildman–Crippen MR) is 85.1 cm³/mol. The van der Waals surface area contributed by atoms with Gasteiger partial charge in [0.05, 0.1) is 5.02 Å². The van der Waals surface area contributed by atoms with Gasteiger partial charge in [-0.1, -0.05) is 36.9 Å². The Morgan fingerprint density at radius 1 is 1.33 bits per heavy atom. The molecule has 1 spiro atoms. The van der Waals surface area contributed by atoms with Crippen LogP contribution in [0.3, 0.4) is 0 Å². The van der Waals surface area contributed by atoms with Crippen LogP contribution in [0.15, 0.2) is 18.2 Å². The molecule has 1 heterocycles. The fraction of sp³-hybridized carbons (Fsp3) is 0.647. The van der Waals surface area contributed by atoms with Crippen molar-refractivity contribution >= 4 is 11.6 Å². The van der Waals surface area contributed by atoms with E-state index in [-0.39, 0.29) is 16.4 Å². The first-order valence-corrected chi connectivity index (χ1v) is 8.39. The molecule has 1 aliphatic carbocycles. The quantitative estimate of drug-likeness (QED) is 0.889. The van der Waals surface area contributed by atoms with Gasteiger partial charge in [0.25, 0.3) is 0 Å². The highest BCUT2D eigenvalue weighted by atomic mass is 35.5. The van der Waals surface area contributed by atoms with Crippen molar-refractivity contribution in [2.45, 2.75) is 57.2 Å². The molecule has 1 N–H and O–H groups in total. The summed E-state index contributed by atoms with van der Waals surface area (Å²) in [7, 11) is 0. The number of nitrogens with zero attached hydrogens (tertiary/aromatic N) is 1. The molecule has 0 aromatic heterocycles. The standard InChI is InChI=1S/C17H24ClFN2/c1-13-10-21(11-14-5-6-15(18)16(19)9-14)17(12-20-13)7-3-2-4-8-17/h5-6,9,13,20H,2-4,7-8,10-12H2,1H3. The lowest BCUT2D eigenvalue weighted by atomic mass is 9.78. The fourth-order valence-corrected chi connectivity index (χ4v) is 3.98. The van der Waals surface area contributed by atoms with Crippen LogP contribution in [0.1, 0.15) is 44.6 Å². The van der Waals surface area contributed by atoms with E-state index in [4.69, 9.17) is 11.6 Å². The normalized spacial score (nSPS) is 26.1. The van der Waals surface area contributed by atoms with Gasteiger partial charge in [0.2, 0.25) is 0 Å². The van der Waals surface area contributed by atoms with E-state index in [9.17, 15) is 4.39 Å². The molecule has 1 saturated carbocycles. The lowest BCUT2D eigenvalue weighted by Gasteiger charge is -2.51. The van der Waals surface area contributed by atoms with Gasteiger partial charge in [0.1, 0.15) is 5.82 Å². The van der Waals surface area contributed by atoms with Crippen LogP contribution in [0.5, 0.6) is 0 Å². The Bertz CT molecular complexity index is 500. The van der Waals surface area contributed by atoms with E-state index < -0.39 is 0 Å². The van der Waals surface area contributed by atoms with Crippen LogP contribution in [-0.2, 0) is 6.54 Å². The minimum absolute atomic E-state index is 0.208. The monoisotopic (exact) mass is 310 g/mol. The zero-order chi connectivity index (χ0) is 14.9. The zero-order valence-corrected chi connectivity index (χ0v) is 13.4. The highest BCUT2D eigenvalue weighted by molar-refractivity contribution is 6.30. The van der Waals surface area contributed by atoms with Crippen LogP contribution in [0.25, 0.3) is 0 Å². The predicted octanol–water partition coefficient (Wildman–Crippen LogP) is 3.98. The van der Waals surface area contributed by atoms with Gasteiger partial charge in [-0.3, -0.25) is 4.90 Å². The summed E-state index contributed by atoms with van der Waals surface area (Å²) >= 11 is 5.79. The Hall–Kier alpha value is -0.640. The second-order valence-electron chi connectivity index (χ2n) is 6.70. The van der Waals surface area contributed by atoms with E-state index in [1.807, 2.05) is 6.07 Å². The molecule has 0 radical (unpaired) electrons. The number of benzene rings is 1. The van der Waals surface area contributed by atoms with Crippen LogP contribution < -0.4 is 5.32 Å². The van der Waals surface area contributed by atoms with Gasteiger partial charge in [-0.2, -0.15) is 0 Å². The molecule has 0 amide bonds. The van der Waals surface area contributed by atoms with Crippen LogP contribution >= 0.6 is 11.6 Å². The van der Waals surface area contributed by atoms with Gasteiger partial charge in [0.15, 0.2) is 0 Å². The minimum Gasteiger partial charge on any atom is -0.311 e. The third-order valence-electron chi connectivity index (χ3n) is 5.09. The third-order valence-corrected chi connectivity index (χ3v) is 5.39. The number of piperazine rings is 1. The van der Waals surface area contributed by atoms with E-state index in [1.54, 1.807) is 12.1 Å². The summed E-state index contributed by atoms with van der Waals surface area (Å²) in [4.78, 5) is 2.58. The van der Waals surface area contributed by atoms with Crippen molar-refractivity contribution in [3.8, 4) is 0 Å². The van der Waals surface area contributed by atoms with Gasteiger partial charge >= 0.3 is 0 Å². The summed E-state index contributed by atoms with van der Waals surface area (Å²) < 4.78 is 13.7. The number of halogens is 2. The minimum atomic E-state index is -0.310. The lowest BCUT2D eigenvalue weighted by Crippen LogP contribution is -2.64. The first kappa shape index (κ1) is 15.3. The first-order valence-electron chi connectivity index (χ1n) is 8.01. The number of hydrogen-bond donors (Lipinski definition) is 1. The Morgan fingerprint density at radius 3 is 2.81 bits per heavy atom. The molecule has 0 bridgehead atoms. The molecule has 1 atom stereocenters. The van der Waals surface area contributed by atoms with E-state index in [2.05, 4.69) is 17.1 Å². The molecule has 1 aliphatic heterocycles. The van der Waals surface area contributed by atoms with E-state index >= 15 is 0 Å². The average molecular weight is 311 g/mol. The first-order chi connectivity index (χ1) is 10.1. The Kier molecular flexibility index (Phi) is 4.53. The summed E-state index contributed by atoms with van der Waals surface area (Å²) in [5.74, 6) is -0.310. The molecular weight excluding hydrogens is 287 g/mol. The van der Waals surface area contributed by atoms with Gasteiger partial charge < -0.3 is 5.32 Å². The van der Waals surface area contributed by atoms with Crippen LogP contribution in [-0.4, -0.2) is 29.6 Å². The van der Waals surface area contributed by atoms with Crippen molar-refractivity contribution in [1.29, 1.82) is 0 Å². The van der Waals surface area contributed by atoms with Crippen LogP contribution in [0, 0.1) is 5.82 Å². The lowest BCUT2D eigenvalue weighted by molar-refractivity contribution is 0.00612. The largest absolute Gasteiger partial charge is 0.311 e. The molecule has 2 fully saturated rings. The molecule has 1 unspecified atom stereocenters. The molecule has 1 aromatic rings. The van der Waals surface area contributed by atoms with E-state index in [0.717, 1.165) is 25.2 Å². The van der Waals surface area contributed by atoms with Crippen LogP contribution in [0.2, 0.25) is 5.02 Å². The zero-order valence-electron chi connectivity index (χ0n) is 12.7. The Morgan fingerprint density at radius 2 is 2.10 bits per heavy atom. The molecule has 3 rings (SSSR count). The van der Waals surface area contributed by atoms with Gasteiger partial charge in [0, 0.05) is 31.2 Å². The topological polar surface area (TPSA) is 15.3 Å². The van der Waals surface area contributed by atoms with Gasteiger partial charge in [-0.05, 0) is 37.5 Å². The molecule has 1 aromatic carbocycles. The average Bonchev–Trinajstić information content (AvgIpc) is 2.48. The second-order valence-corrected chi connectivity index (χ2v) is 7.10. The molecule has 1 saturated heterocycles. The summed E-state index contributed by atoms with van der Waals surface area (Å²) in [5.41, 5.74) is 1.29. The maximum Gasteiger partial charge on any atom is 0.142 e. The Balaban J connectivity index is 1.80. The highest BCUT2D eigenvalue weighted by Crippen LogP contribution is 2.36. The molecule has 2 nitrogen and oxygen atoms in total. The molecule has 2 aliphatic rings. The summed E-state index contributed by atoms with van der Waals surface area (Å²) in [6.45, 7) is 5.14. The third kappa shape index (κ3) is 3.25. The number of rotatable bonds is 2. The van der Waals surface area contributed by atoms with Gasteiger partial charge in [-0.25, -0.2) is 4.39 Å². The smallest absolute Gasteiger partial charge is 0.142 e. The van der Waals surface area contributed by atoms with Crippen LogP contribution in [0.4, 0.5) is 4.39 Å². The van der Waals surface area contributed by atoms with Gasteiger partial charge in [-0.15, -0.1) is 0 Å². The molecule has 4 heteroatoms. The molecule has 21 heavy (non-hydrogen) atoms. The van der Waals surface area contributed by atoms with Crippen molar-refractivity contribution in [2.24, 2.45) is 0 Å². The van der Waals surface area contributed by atoms with Crippen molar-refractivity contribution in [1.82, 2.24) is 10.2 Å². The number of hydrogen-bond acceptors (Lipinski definition) is 2. The van der Waals surface area contributed by atoms with Crippen molar-refractivity contribution in [3.63, 3.8) is 0 Å². The second kappa shape index (κ2) is 6.23.